The number of rotatable bonds is 7. The van der Waals surface area contributed by atoms with Crippen molar-refractivity contribution >= 4 is 47.0 Å². The van der Waals surface area contributed by atoms with Gasteiger partial charge in [0.05, 0.1) is 23.2 Å². The third-order valence-electron chi connectivity index (χ3n) is 7.77. The third-order valence-corrected chi connectivity index (χ3v) is 8.51. The molecule has 1 spiro atoms. The minimum atomic E-state index is -0.770. The molecule has 0 aromatic heterocycles. The Bertz CT molecular complexity index is 979. The van der Waals surface area contributed by atoms with Gasteiger partial charge in [0.25, 0.3) is 0 Å². The smallest absolute Gasteiger partial charge is 0.438 e. The van der Waals surface area contributed by atoms with Crippen LogP contribution in [0.4, 0.5) is 15.3 Å². The predicted octanol–water partition coefficient (Wildman–Crippen LogP) is 4.48. The van der Waals surface area contributed by atoms with Crippen LogP contribution in [-0.2, 0) is 14.3 Å². The van der Waals surface area contributed by atoms with Crippen LogP contribution in [0.15, 0.2) is 18.2 Å². The van der Waals surface area contributed by atoms with E-state index >= 15 is 0 Å². The first kappa shape index (κ1) is 26.8. The van der Waals surface area contributed by atoms with Gasteiger partial charge in [0.2, 0.25) is 5.91 Å². The lowest BCUT2D eigenvalue weighted by Crippen LogP contribution is -2.61. The van der Waals surface area contributed by atoms with E-state index in [1.165, 1.54) is 37.7 Å². The van der Waals surface area contributed by atoms with Gasteiger partial charge in [-0.25, -0.2) is 9.59 Å². The van der Waals surface area contributed by atoms with Crippen molar-refractivity contribution in [3.05, 3.63) is 28.2 Å². The van der Waals surface area contributed by atoms with Crippen LogP contribution in [0.25, 0.3) is 0 Å². The Morgan fingerprint density at radius 1 is 1.11 bits per heavy atom. The van der Waals surface area contributed by atoms with Gasteiger partial charge in [0.15, 0.2) is 0 Å². The summed E-state index contributed by atoms with van der Waals surface area (Å²) in [5, 5.41) is 3.51. The maximum Gasteiger partial charge on any atom is 0.508 e. The minimum absolute atomic E-state index is 0.0539. The Labute approximate surface area is 221 Å². The van der Waals surface area contributed by atoms with Crippen molar-refractivity contribution in [3.8, 4) is 0 Å². The molecule has 3 fully saturated rings. The van der Waals surface area contributed by atoms with Gasteiger partial charge in [-0.15, -0.1) is 0 Å². The van der Waals surface area contributed by atoms with Crippen LogP contribution in [0.5, 0.6) is 0 Å². The zero-order valence-electron chi connectivity index (χ0n) is 20.8. The molecule has 1 aromatic carbocycles. The molecule has 1 aromatic rings. The van der Waals surface area contributed by atoms with E-state index in [4.69, 9.17) is 27.9 Å². The number of carbonyl (C=O) groups excluding carboxylic acids is 3. The van der Waals surface area contributed by atoms with E-state index in [-0.39, 0.29) is 18.6 Å². The standard InChI is InChI=1S/C25H34Cl2N4O5/c1-17-22(32)31(14-13-30(17)23(33)28-18-3-4-20(26)21(27)15-18)19(16-36-24(34)35-2)5-10-29-11-8-25(6-7-25)9-12-29/h3-4,15,17,19H,5-14,16H2,1-2H3,(H,28,33)/t17-,19-/m0/s1. The third kappa shape index (κ3) is 6.36. The molecule has 1 saturated carbocycles. The van der Waals surface area contributed by atoms with Crippen LogP contribution in [0, 0.1) is 5.41 Å². The average Bonchev–Trinajstić information content (AvgIpc) is 3.63. The second kappa shape index (κ2) is 11.4. The summed E-state index contributed by atoms with van der Waals surface area (Å²) >= 11 is 12.0. The summed E-state index contributed by atoms with van der Waals surface area (Å²) in [6.45, 7) is 5.41. The van der Waals surface area contributed by atoms with E-state index in [1.807, 2.05) is 0 Å². The molecule has 0 bridgehead atoms. The highest BCUT2D eigenvalue weighted by atomic mass is 35.5. The van der Waals surface area contributed by atoms with Crippen LogP contribution in [0.3, 0.4) is 0 Å². The van der Waals surface area contributed by atoms with Crippen molar-refractivity contribution in [2.75, 3.05) is 51.8 Å². The molecule has 2 saturated heterocycles. The van der Waals surface area contributed by atoms with E-state index in [0.717, 1.165) is 19.6 Å². The lowest BCUT2D eigenvalue weighted by molar-refractivity contribution is -0.143. The van der Waals surface area contributed by atoms with E-state index in [9.17, 15) is 14.4 Å². The normalized spacial score (nSPS) is 22.3. The fraction of sp³-hybridized carbons (Fsp3) is 0.640. The Balaban J connectivity index is 1.36. The molecule has 1 aliphatic carbocycles. The molecular formula is C25H34Cl2N4O5. The van der Waals surface area contributed by atoms with Gasteiger partial charge in [-0.1, -0.05) is 23.2 Å². The number of nitrogens with one attached hydrogen (secondary N) is 1. The highest BCUT2D eigenvalue weighted by Gasteiger charge is 2.44. The van der Waals surface area contributed by atoms with E-state index in [0.29, 0.717) is 40.7 Å². The first-order valence-corrected chi connectivity index (χ1v) is 13.2. The molecule has 2 heterocycles. The zero-order chi connectivity index (χ0) is 25.9. The summed E-state index contributed by atoms with van der Waals surface area (Å²) < 4.78 is 9.88. The number of benzene rings is 1. The predicted molar refractivity (Wildman–Crippen MR) is 137 cm³/mol. The van der Waals surface area contributed by atoms with Crippen LogP contribution >= 0.6 is 23.2 Å². The number of methoxy groups -OCH3 is 1. The molecule has 3 aliphatic rings. The number of amides is 3. The topological polar surface area (TPSA) is 91.4 Å². The Hall–Kier alpha value is -2.23. The summed E-state index contributed by atoms with van der Waals surface area (Å²) in [7, 11) is 1.26. The van der Waals surface area contributed by atoms with Crippen LogP contribution < -0.4 is 5.32 Å². The van der Waals surface area contributed by atoms with Crippen molar-refractivity contribution < 1.29 is 23.9 Å². The zero-order valence-corrected chi connectivity index (χ0v) is 22.3. The van der Waals surface area contributed by atoms with E-state index < -0.39 is 18.2 Å². The second-order valence-electron chi connectivity index (χ2n) is 10.0. The van der Waals surface area contributed by atoms with Gasteiger partial charge in [-0.2, -0.15) is 0 Å². The lowest BCUT2D eigenvalue weighted by atomic mass is 9.93. The first-order chi connectivity index (χ1) is 17.2. The quantitative estimate of drug-likeness (QED) is 0.512. The number of hydrogen-bond acceptors (Lipinski definition) is 6. The number of nitrogens with zero attached hydrogens (tertiary/aromatic N) is 3. The van der Waals surface area contributed by atoms with Gasteiger partial charge < -0.3 is 29.5 Å². The second-order valence-corrected chi connectivity index (χ2v) is 10.8. The number of piperazine rings is 1. The molecule has 2 atom stereocenters. The molecule has 11 heteroatoms. The van der Waals surface area contributed by atoms with Crippen molar-refractivity contribution in [2.45, 2.75) is 51.1 Å². The number of likely N-dealkylation sites (tertiary alicyclic amines) is 1. The van der Waals surface area contributed by atoms with Crippen LogP contribution in [0.1, 0.15) is 39.0 Å². The molecule has 198 valence electrons. The molecule has 9 nitrogen and oxygen atoms in total. The number of anilines is 1. The summed E-state index contributed by atoms with van der Waals surface area (Å²) in [6.07, 6.45) is 5.08. The fourth-order valence-electron chi connectivity index (χ4n) is 5.11. The van der Waals surface area contributed by atoms with Gasteiger partial charge >= 0.3 is 12.2 Å². The largest absolute Gasteiger partial charge is 0.508 e. The Kier molecular flexibility index (Phi) is 8.52. The van der Waals surface area contributed by atoms with Gasteiger partial charge in [0, 0.05) is 25.3 Å². The summed E-state index contributed by atoms with van der Waals surface area (Å²) in [5.41, 5.74) is 1.10. The van der Waals surface area contributed by atoms with Crippen molar-refractivity contribution in [1.82, 2.24) is 14.7 Å². The number of piperidine rings is 1. The number of ether oxygens (including phenoxy) is 2. The number of urea groups is 1. The SMILES string of the molecule is COC(=O)OC[C@H](CCN1CCC2(CC1)CC2)N1CCN(C(=O)Nc2ccc(Cl)c(Cl)c2)[C@@H](C)C1=O. The Morgan fingerprint density at radius 3 is 2.47 bits per heavy atom. The fourth-order valence-corrected chi connectivity index (χ4v) is 5.41. The maximum absolute atomic E-state index is 13.4. The number of carbonyl (C=O) groups is 3. The van der Waals surface area contributed by atoms with Crippen LogP contribution in [0.2, 0.25) is 10.0 Å². The average molecular weight is 541 g/mol. The van der Waals surface area contributed by atoms with Gasteiger partial charge in [0.1, 0.15) is 12.6 Å². The number of halogens is 2. The molecule has 0 unspecified atom stereocenters. The highest BCUT2D eigenvalue weighted by Crippen LogP contribution is 2.53. The molecule has 3 amide bonds. The van der Waals surface area contributed by atoms with Gasteiger partial charge in [-0.3, -0.25) is 4.79 Å². The monoisotopic (exact) mass is 540 g/mol. The summed E-state index contributed by atoms with van der Waals surface area (Å²) in [6, 6.07) is 3.46. The molecule has 1 N–H and O–H groups in total. The van der Waals surface area contributed by atoms with E-state index in [1.54, 1.807) is 30.0 Å². The van der Waals surface area contributed by atoms with Crippen molar-refractivity contribution in [1.29, 1.82) is 0 Å². The first-order valence-electron chi connectivity index (χ1n) is 12.5. The Morgan fingerprint density at radius 2 is 1.83 bits per heavy atom. The van der Waals surface area contributed by atoms with Gasteiger partial charge in [-0.05, 0) is 75.7 Å². The molecular weight excluding hydrogens is 507 g/mol. The summed E-state index contributed by atoms with van der Waals surface area (Å²) in [4.78, 5) is 43.6. The molecule has 0 radical (unpaired) electrons. The maximum atomic E-state index is 13.4. The van der Waals surface area contributed by atoms with Crippen molar-refractivity contribution in [3.63, 3.8) is 0 Å². The number of hydrogen-bond donors (Lipinski definition) is 1. The van der Waals surface area contributed by atoms with Crippen LogP contribution in [-0.4, -0.2) is 91.3 Å². The van der Waals surface area contributed by atoms with E-state index in [2.05, 4.69) is 15.0 Å². The van der Waals surface area contributed by atoms with Crippen molar-refractivity contribution in [2.24, 2.45) is 5.41 Å². The summed E-state index contributed by atoms with van der Waals surface area (Å²) in [5.74, 6) is -0.181. The minimum Gasteiger partial charge on any atom is -0.438 e. The molecule has 4 rings (SSSR count). The molecule has 2 aliphatic heterocycles. The highest BCUT2D eigenvalue weighted by molar-refractivity contribution is 6.42. The molecule has 36 heavy (non-hydrogen) atoms. The lowest BCUT2D eigenvalue weighted by Gasteiger charge is -2.43.